The average Bonchev–Trinajstić information content (AvgIpc) is 2.69. The van der Waals surface area contributed by atoms with Crippen molar-refractivity contribution in [2.24, 2.45) is 0 Å². The predicted octanol–water partition coefficient (Wildman–Crippen LogP) is 6.14. The number of pyridine rings is 1. The fourth-order valence-corrected chi connectivity index (χ4v) is 4.02. The number of aryl methyl sites for hydroxylation is 1. The van der Waals surface area contributed by atoms with Crippen LogP contribution in [0.4, 0.5) is 11.4 Å². The summed E-state index contributed by atoms with van der Waals surface area (Å²) < 4.78 is 0. The number of carbonyl (C=O) groups is 1. The molecular formula is C23H18N2O2S. The molecule has 5 heteroatoms. The lowest BCUT2D eigenvalue weighted by Crippen LogP contribution is -2.03. The van der Waals surface area contributed by atoms with E-state index in [-0.39, 0.29) is 5.56 Å². The first-order valence-corrected chi connectivity index (χ1v) is 9.66. The maximum atomic E-state index is 11.5. The third-order valence-electron chi connectivity index (χ3n) is 4.33. The van der Waals surface area contributed by atoms with E-state index in [1.54, 1.807) is 30.0 Å². The minimum atomic E-state index is -0.960. The minimum absolute atomic E-state index is 0.236. The summed E-state index contributed by atoms with van der Waals surface area (Å²) in [6.07, 6.45) is 0. The summed E-state index contributed by atoms with van der Waals surface area (Å²) in [4.78, 5) is 18.5. The Morgan fingerprint density at radius 2 is 1.68 bits per heavy atom. The molecule has 28 heavy (non-hydrogen) atoms. The van der Waals surface area contributed by atoms with E-state index in [1.807, 2.05) is 49.4 Å². The van der Waals surface area contributed by atoms with Gasteiger partial charge < -0.3 is 10.4 Å². The van der Waals surface area contributed by atoms with E-state index in [0.29, 0.717) is 5.69 Å². The number of aromatic nitrogens is 1. The number of carboxylic acid groups (broad SMARTS) is 1. The molecule has 0 aliphatic carbocycles. The van der Waals surface area contributed by atoms with Crippen molar-refractivity contribution < 1.29 is 9.90 Å². The molecule has 2 N–H and O–H groups in total. The van der Waals surface area contributed by atoms with Crippen molar-refractivity contribution in [1.82, 2.24) is 4.98 Å². The zero-order valence-electron chi connectivity index (χ0n) is 15.2. The number of fused-ring (bicyclic) bond motifs is 1. The Morgan fingerprint density at radius 1 is 0.929 bits per heavy atom. The number of anilines is 2. The van der Waals surface area contributed by atoms with Crippen LogP contribution in [0, 0.1) is 6.92 Å². The van der Waals surface area contributed by atoms with Crippen LogP contribution in [0.5, 0.6) is 0 Å². The number of nitrogens with zero attached hydrogens (tertiary/aromatic N) is 1. The quantitative estimate of drug-likeness (QED) is 0.432. The molecule has 0 atom stereocenters. The zero-order valence-corrected chi connectivity index (χ0v) is 16.0. The molecule has 0 aliphatic rings. The van der Waals surface area contributed by atoms with Gasteiger partial charge >= 0.3 is 5.97 Å². The number of hydrogen-bond donors (Lipinski definition) is 2. The Morgan fingerprint density at radius 3 is 2.46 bits per heavy atom. The van der Waals surface area contributed by atoms with Crippen LogP contribution < -0.4 is 5.32 Å². The van der Waals surface area contributed by atoms with E-state index in [0.717, 1.165) is 32.1 Å². The summed E-state index contributed by atoms with van der Waals surface area (Å²) in [6.45, 7) is 1.94. The van der Waals surface area contributed by atoms with Crippen molar-refractivity contribution >= 4 is 40.0 Å². The van der Waals surface area contributed by atoms with Crippen molar-refractivity contribution in [3.8, 4) is 0 Å². The molecule has 1 heterocycles. The fourth-order valence-electron chi connectivity index (χ4n) is 3.08. The van der Waals surface area contributed by atoms with Crippen molar-refractivity contribution in [3.05, 3.63) is 90.1 Å². The monoisotopic (exact) mass is 386 g/mol. The maximum absolute atomic E-state index is 11.5. The molecule has 1 aromatic heterocycles. The van der Waals surface area contributed by atoms with Gasteiger partial charge in [-0.05, 0) is 43.3 Å². The van der Waals surface area contributed by atoms with Crippen molar-refractivity contribution in [2.45, 2.75) is 16.7 Å². The van der Waals surface area contributed by atoms with E-state index in [2.05, 4.69) is 23.5 Å². The second-order valence-electron chi connectivity index (χ2n) is 6.35. The predicted molar refractivity (Wildman–Crippen MR) is 114 cm³/mol. The SMILES string of the molecule is Cc1cc(Nc2ccccc2C(=O)O)c2cccc(Sc3ccccc3)c2n1. The second kappa shape index (κ2) is 7.74. The highest BCUT2D eigenvalue weighted by Gasteiger charge is 2.13. The van der Waals surface area contributed by atoms with E-state index < -0.39 is 5.97 Å². The Labute approximate surface area is 167 Å². The summed E-state index contributed by atoms with van der Waals surface area (Å²) in [5.74, 6) is -0.960. The van der Waals surface area contributed by atoms with Crippen molar-refractivity contribution in [1.29, 1.82) is 0 Å². The molecule has 3 aromatic carbocycles. The number of benzene rings is 3. The lowest BCUT2D eigenvalue weighted by Gasteiger charge is -2.14. The van der Waals surface area contributed by atoms with Gasteiger partial charge in [-0.15, -0.1) is 0 Å². The Balaban J connectivity index is 1.80. The summed E-state index contributed by atoms with van der Waals surface area (Å²) in [5, 5.41) is 13.7. The van der Waals surface area contributed by atoms with Gasteiger partial charge in [0.25, 0.3) is 0 Å². The number of nitrogens with one attached hydrogen (secondary N) is 1. The summed E-state index contributed by atoms with van der Waals surface area (Å²) in [5.41, 5.74) is 3.39. The first-order valence-electron chi connectivity index (χ1n) is 8.84. The van der Waals surface area contributed by atoms with Gasteiger partial charge in [-0.3, -0.25) is 4.98 Å². The maximum Gasteiger partial charge on any atom is 0.337 e. The highest BCUT2D eigenvalue weighted by atomic mass is 32.2. The van der Waals surface area contributed by atoms with Gasteiger partial charge in [0.15, 0.2) is 0 Å². The van der Waals surface area contributed by atoms with Crippen LogP contribution in [0.15, 0.2) is 88.7 Å². The highest BCUT2D eigenvalue weighted by Crippen LogP contribution is 2.36. The van der Waals surface area contributed by atoms with E-state index in [1.165, 1.54) is 0 Å². The largest absolute Gasteiger partial charge is 0.478 e. The third-order valence-corrected chi connectivity index (χ3v) is 5.39. The number of carboxylic acids is 1. The van der Waals surface area contributed by atoms with Crippen LogP contribution >= 0.6 is 11.8 Å². The van der Waals surface area contributed by atoms with Gasteiger partial charge in [0.2, 0.25) is 0 Å². The van der Waals surface area contributed by atoms with Gasteiger partial charge in [-0.1, -0.05) is 54.2 Å². The third kappa shape index (κ3) is 3.70. The van der Waals surface area contributed by atoms with E-state index >= 15 is 0 Å². The molecule has 0 spiro atoms. The molecule has 0 saturated heterocycles. The van der Waals surface area contributed by atoms with Crippen LogP contribution in [0.25, 0.3) is 10.9 Å². The molecule has 0 aliphatic heterocycles. The zero-order chi connectivity index (χ0) is 19.5. The van der Waals surface area contributed by atoms with Crippen LogP contribution in [0.3, 0.4) is 0 Å². The second-order valence-corrected chi connectivity index (χ2v) is 7.47. The van der Waals surface area contributed by atoms with Crippen LogP contribution in [-0.2, 0) is 0 Å². The van der Waals surface area contributed by atoms with Gasteiger partial charge in [-0.2, -0.15) is 0 Å². The molecule has 0 fully saturated rings. The fraction of sp³-hybridized carbons (Fsp3) is 0.0435. The average molecular weight is 386 g/mol. The standard InChI is InChI=1S/C23H18N2O2S/c1-15-14-20(25-19-12-6-5-10-18(19)23(26)27)17-11-7-13-21(22(17)24-15)28-16-8-3-2-4-9-16/h2-14H,1H3,(H,24,25)(H,26,27). The van der Waals surface area contributed by atoms with Crippen LogP contribution in [-0.4, -0.2) is 16.1 Å². The molecule has 0 unspecified atom stereocenters. The van der Waals surface area contributed by atoms with E-state index in [9.17, 15) is 9.90 Å². The number of hydrogen-bond acceptors (Lipinski definition) is 4. The molecule has 0 radical (unpaired) electrons. The molecule has 0 amide bonds. The first kappa shape index (κ1) is 18.1. The minimum Gasteiger partial charge on any atom is -0.478 e. The molecule has 4 rings (SSSR count). The Bertz CT molecular complexity index is 1160. The van der Waals surface area contributed by atoms with Gasteiger partial charge in [0.05, 0.1) is 16.8 Å². The molecule has 0 bridgehead atoms. The Hall–Kier alpha value is -3.31. The summed E-state index contributed by atoms with van der Waals surface area (Å²) in [7, 11) is 0. The summed E-state index contributed by atoms with van der Waals surface area (Å²) in [6, 6.07) is 25.1. The lowest BCUT2D eigenvalue weighted by atomic mass is 10.1. The number of para-hydroxylation sites is 2. The number of aromatic carboxylic acids is 1. The van der Waals surface area contributed by atoms with Crippen molar-refractivity contribution in [3.63, 3.8) is 0 Å². The molecule has 0 saturated carbocycles. The first-order chi connectivity index (χ1) is 13.6. The lowest BCUT2D eigenvalue weighted by molar-refractivity contribution is 0.0698. The van der Waals surface area contributed by atoms with Gasteiger partial charge in [0, 0.05) is 26.6 Å². The van der Waals surface area contributed by atoms with Crippen LogP contribution in [0.1, 0.15) is 16.1 Å². The van der Waals surface area contributed by atoms with Gasteiger partial charge in [-0.25, -0.2) is 4.79 Å². The smallest absolute Gasteiger partial charge is 0.337 e. The normalized spacial score (nSPS) is 10.8. The van der Waals surface area contributed by atoms with Gasteiger partial charge in [0.1, 0.15) is 0 Å². The topological polar surface area (TPSA) is 62.2 Å². The van der Waals surface area contributed by atoms with E-state index in [4.69, 9.17) is 4.98 Å². The van der Waals surface area contributed by atoms with Crippen molar-refractivity contribution in [2.75, 3.05) is 5.32 Å². The molecule has 138 valence electrons. The molecule has 4 nitrogen and oxygen atoms in total. The highest BCUT2D eigenvalue weighted by molar-refractivity contribution is 7.99. The molecule has 4 aromatic rings. The summed E-state index contributed by atoms with van der Waals surface area (Å²) >= 11 is 1.66. The molecular weight excluding hydrogens is 368 g/mol. The Kier molecular flexibility index (Phi) is 5.00. The van der Waals surface area contributed by atoms with Crippen LogP contribution in [0.2, 0.25) is 0 Å². The number of rotatable bonds is 5.